The van der Waals surface area contributed by atoms with Crippen molar-refractivity contribution in [3.05, 3.63) is 65.5 Å². The predicted molar refractivity (Wildman–Crippen MR) is 92.5 cm³/mol. The highest BCUT2D eigenvalue weighted by Crippen LogP contribution is 2.43. The average Bonchev–Trinajstić information content (AvgIpc) is 2.83. The lowest BCUT2D eigenvalue weighted by Crippen LogP contribution is -2.17. The first kappa shape index (κ1) is 16.7. The lowest BCUT2D eigenvalue weighted by atomic mass is 9.94. The van der Waals surface area contributed by atoms with Crippen molar-refractivity contribution in [3.8, 4) is 0 Å². The lowest BCUT2D eigenvalue weighted by molar-refractivity contribution is 0.101. The molecule has 0 N–H and O–H groups in total. The Labute approximate surface area is 141 Å². The molecule has 0 saturated carbocycles. The Morgan fingerprint density at radius 2 is 1.50 bits per heavy atom. The fourth-order valence-corrected chi connectivity index (χ4v) is 3.48. The molecule has 0 aromatic heterocycles. The third-order valence-electron chi connectivity index (χ3n) is 3.99. The molecule has 0 spiro atoms. The second-order valence-electron chi connectivity index (χ2n) is 6.65. The SMILES string of the molecule is CC1(C)CC(c2ccc(F)cc2)=C(c2ccc(S(C)(=O)=O)cc2)O1. The van der Waals surface area contributed by atoms with Gasteiger partial charge < -0.3 is 4.74 Å². The maximum Gasteiger partial charge on any atom is 0.175 e. The highest BCUT2D eigenvalue weighted by atomic mass is 32.2. The molecule has 0 atom stereocenters. The summed E-state index contributed by atoms with van der Waals surface area (Å²) in [5.74, 6) is 0.434. The van der Waals surface area contributed by atoms with Crippen molar-refractivity contribution >= 4 is 21.2 Å². The smallest absolute Gasteiger partial charge is 0.175 e. The van der Waals surface area contributed by atoms with Gasteiger partial charge in [0.25, 0.3) is 0 Å². The molecule has 0 unspecified atom stereocenters. The molecule has 0 saturated heterocycles. The van der Waals surface area contributed by atoms with E-state index >= 15 is 0 Å². The Kier molecular flexibility index (Phi) is 4.00. The first-order valence-corrected chi connectivity index (χ1v) is 9.53. The molecule has 5 heteroatoms. The molecule has 0 fully saturated rings. The number of hydrogen-bond donors (Lipinski definition) is 0. The van der Waals surface area contributed by atoms with Gasteiger partial charge in [-0.1, -0.05) is 12.1 Å². The van der Waals surface area contributed by atoms with Gasteiger partial charge in [-0.3, -0.25) is 0 Å². The lowest BCUT2D eigenvalue weighted by Gasteiger charge is -2.19. The van der Waals surface area contributed by atoms with Crippen LogP contribution in [-0.2, 0) is 14.6 Å². The maximum atomic E-state index is 13.2. The fourth-order valence-electron chi connectivity index (χ4n) is 2.85. The number of benzene rings is 2. The summed E-state index contributed by atoms with van der Waals surface area (Å²) in [6.07, 6.45) is 1.88. The summed E-state index contributed by atoms with van der Waals surface area (Å²) in [6, 6.07) is 13.0. The first-order valence-electron chi connectivity index (χ1n) is 7.64. The van der Waals surface area contributed by atoms with Crippen LogP contribution in [0.2, 0.25) is 0 Å². The Hall–Kier alpha value is -2.14. The van der Waals surface area contributed by atoms with Crippen molar-refractivity contribution in [1.29, 1.82) is 0 Å². The van der Waals surface area contributed by atoms with E-state index in [4.69, 9.17) is 4.74 Å². The van der Waals surface area contributed by atoms with Gasteiger partial charge >= 0.3 is 0 Å². The second kappa shape index (κ2) is 5.74. The van der Waals surface area contributed by atoms with Crippen LogP contribution in [0.4, 0.5) is 4.39 Å². The molecule has 2 aromatic rings. The van der Waals surface area contributed by atoms with Gasteiger partial charge in [-0.2, -0.15) is 0 Å². The van der Waals surface area contributed by atoms with Crippen LogP contribution < -0.4 is 0 Å². The van der Waals surface area contributed by atoms with E-state index in [1.165, 1.54) is 18.4 Å². The number of sulfone groups is 1. The zero-order valence-corrected chi connectivity index (χ0v) is 14.7. The van der Waals surface area contributed by atoms with E-state index in [-0.39, 0.29) is 16.3 Å². The van der Waals surface area contributed by atoms with Gasteiger partial charge in [0.1, 0.15) is 17.2 Å². The van der Waals surface area contributed by atoms with Crippen molar-refractivity contribution in [2.24, 2.45) is 0 Å². The number of ether oxygens (including phenoxy) is 1. The molecule has 1 aliphatic heterocycles. The van der Waals surface area contributed by atoms with Crippen molar-refractivity contribution in [1.82, 2.24) is 0 Å². The molecule has 1 heterocycles. The number of rotatable bonds is 3. The third-order valence-corrected chi connectivity index (χ3v) is 5.12. The molecule has 3 rings (SSSR count). The van der Waals surface area contributed by atoms with E-state index in [1.807, 2.05) is 13.8 Å². The van der Waals surface area contributed by atoms with Gasteiger partial charge in [-0.15, -0.1) is 0 Å². The molecule has 0 amide bonds. The van der Waals surface area contributed by atoms with Crippen LogP contribution in [0.1, 0.15) is 31.4 Å². The minimum atomic E-state index is -3.23. The quantitative estimate of drug-likeness (QED) is 0.832. The van der Waals surface area contributed by atoms with E-state index in [2.05, 4.69) is 0 Å². The van der Waals surface area contributed by atoms with Crippen LogP contribution in [0.25, 0.3) is 11.3 Å². The summed E-state index contributed by atoms with van der Waals surface area (Å²) in [4.78, 5) is 0.271. The van der Waals surface area contributed by atoms with Gasteiger partial charge in [-0.05, 0) is 55.8 Å². The Morgan fingerprint density at radius 3 is 2.04 bits per heavy atom. The van der Waals surface area contributed by atoms with E-state index < -0.39 is 9.84 Å². The topological polar surface area (TPSA) is 43.4 Å². The Bertz CT molecular complexity index is 893. The maximum absolute atomic E-state index is 13.2. The van der Waals surface area contributed by atoms with Crippen molar-refractivity contribution in [3.63, 3.8) is 0 Å². The van der Waals surface area contributed by atoms with E-state index in [0.717, 1.165) is 16.7 Å². The summed E-state index contributed by atoms with van der Waals surface area (Å²) in [5.41, 5.74) is 2.35. The van der Waals surface area contributed by atoms with E-state index in [9.17, 15) is 12.8 Å². The van der Waals surface area contributed by atoms with Crippen LogP contribution >= 0.6 is 0 Å². The van der Waals surface area contributed by atoms with Crippen LogP contribution in [0.15, 0.2) is 53.4 Å². The zero-order valence-electron chi connectivity index (χ0n) is 13.8. The number of halogens is 1. The molecular formula is C19H19FO3S. The Balaban J connectivity index is 2.07. The molecule has 24 heavy (non-hydrogen) atoms. The third kappa shape index (κ3) is 3.36. The predicted octanol–water partition coefficient (Wildman–Crippen LogP) is 4.30. The van der Waals surface area contributed by atoms with Gasteiger partial charge in [0.2, 0.25) is 0 Å². The van der Waals surface area contributed by atoms with Crippen LogP contribution in [-0.4, -0.2) is 20.3 Å². The summed E-state index contributed by atoms with van der Waals surface area (Å²) >= 11 is 0. The molecule has 3 nitrogen and oxygen atoms in total. The standard InChI is InChI=1S/C19H19FO3S/c1-19(2)12-17(13-4-8-15(20)9-5-13)18(23-19)14-6-10-16(11-7-14)24(3,21)22/h4-11H,12H2,1-3H3. The minimum absolute atomic E-state index is 0.271. The summed E-state index contributed by atoms with van der Waals surface area (Å²) < 4.78 is 42.5. The van der Waals surface area contributed by atoms with E-state index in [1.54, 1.807) is 36.4 Å². The largest absolute Gasteiger partial charge is 0.487 e. The normalized spacial score (nSPS) is 17.0. The molecular weight excluding hydrogens is 327 g/mol. The Morgan fingerprint density at radius 1 is 0.958 bits per heavy atom. The van der Waals surface area contributed by atoms with Crippen LogP contribution in [0, 0.1) is 5.82 Å². The van der Waals surface area contributed by atoms with Gasteiger partial charge in [0.05, 0.1) is 4.90 Å². The molecule has 126 valence electrons. The average molecular weight is 346 g/mol. The van der Waals surface area contributed by atoms with Crippen molar-refractivity contribution in [2.75, 3.05) is 6.26 Å². The van der Waals surface area contributed by atoms with Gasteiger partial charge in [-0.25, -0.2) is 12.8 Å². The summed E-state index contributed by atoms with van der Waals surface area (Å²) in [5, 5.41) is 0. The second-order valence-corrected chi connectivity index (χ2v) is 8.67. The molecule has 0 aliphatic carbocycles. The molecule has 0 bridgehead atoms. The number of hydrogen-bond acceptors (Lipinski definition) is 3. The summed E-state index contributed by atoms with van der Waals surface area (Å²) in [7, 11) is -3.23. The van der Waals surface area contributed by atoms with E-state index in [0.29, 0.717) is 12.2 Å². The van der Waals surface area contributed by atoms with Gasteiger partial charge in [0.15, 0.2) is 9.84 Å². The van der Waals surface area contributed by atoms with Crippen molar-refractivity contribution in [2.45, 2.75) is 30.8 Å². The molecule has 1 aliphatic rings. The zero-order chi connectivity index (χ0) is 17.5. The fraction of sp³-hybridized carbons (Fsp3) is 0.263. The van der Waals surface area contributed by atoms with Crippen molar-refractivity contribution < 1.29 is 17.5 Å². The molecule has 2 aromatic carbocycles. The van der Waals surface area contributed by atoms with Crippen LogP contribution in [0.3, 0.4) is 0 Å². The summed E-state index contributed by atoms with van der Waals surface area (Å²) in [6.45, 7) is 3.99. The highest BCUT2D eigenvalue weighted by molar-refractivity contribution is 7.90. The van der Waals surface area contributed by atoms with Gasteiger partial charge in [0, 0.05) is 23.8 Å². The van der Waals surface area contributed by atoms with Crippen LogP contribution in [0.5, 0.6) is 0 Å². The first-order chi connectivity index (χ1) is 11.2. The minimum Gasteiger partial charge on any atom is -0.487 e. The molecule has 0 radical (unpaired) electrons. The highest BCUT2D eigenvalue weighted by Gasteiger charge is 2.33. The monoisotopic (exact) mass is 346 g/mol.